The van der Waals surface area contributed by atoms with E-state index in [0.29, 0.717) is 32.1 Å². The molecule has 5 heterocycles. The molecule has 3 fully saturated rings. The maximum Gasteiger partial charge on any atom is 0.418 e. The van der Waals surface area contributed by atoms with E-state index in [1.54, 1.807) is 0 Å². The third-order valence-corrected chi connectivity index (χ3v) is 8.48. The van der Waals surface area contributed by atoms with Crippen molar-refractivity contribution in [2.24, 2.45) is 5.41 Å². The molecule has 2 aromatic heterocycles. The van der Waals surface area contributed by atoms with E-state index >= 15 is 4.39 Å². The van der Waals surface area contributed by atoms with E-state index in [4.69, 9.17) is 26.8 Å². The Morgan fingerprint density at radius 2 is 1.93 bits per heavy atom. The summed E-state index contributed by atoms with van der Waals surface area (Å²) in [6.45, 7) is 5.96. The van der Waals surface area contributed by atoms with E-state index in [-0.39, 0.29) is 57.4 Å². The van der Waals surface area contributed by atoms with Crippen LogP contribution in [-0.4, -0.2) is 59.9 Å². The van der Waals surface area contributed by atoms with Crippen LogP contribution >= 0.6 is 11.6 Å². The number of ether oxygens (including phenoxy) is 2. The highest BCUT2D eigenvalue weighted by Gasteiger charge is 2.39. The monoisotopic (exact) mass is 594 g/mol. The summed E-state index contributed by atoms with van der Waals surface area (Å²) >= 11 is 6.55. The molecule has 0 aliphatic carbocycles. The minimum absolute atomic E-state index is 0.0647. The number of rotatable bonds is 5. The zero-order chi connectivity index (χ0) is 29.1. The number of fused-ring (bicyclic) bond motifs is 3. The van der Waals surface area contributed by atoms with Gasteiger partial charge < -0.3 is 25.4 Å². The normalized spacial score (nSPS) is 24.7. The highest BCUT2D eigenvalue weighted by molar-refractivity contribution is 6.34. The van der Waals surface area contributed by atoms with Crippen LogP contribution in [0.2, 0.25) is 5.02 Å². The van der Waals surface area contributed by atoms with Crippen molar-refractivity contribution in [1.29, 1.82) is 0 Å². The van der Waals surface area contributed by atoms with Crippen LogP contribution in [0.25, 0.3) is 22.2 Å². The number of hydrogen-bond acceptors (Lipinski definition) is 8. The Labute approximate surface area is 239 Å². The van der Waals surface area contributed by atoms with Crippen molar-refractivity contribution in [3.8, 4) is 17.3 Å². The standard InChI is InChI=1S/C28H31ClF4N6O2/c1-14-8-19(34)36-24(21(14)28(31,32)33)20-18(29)9-17-23(22(20)30)37-26(41-13-27(2)6-3-7-40-12-27)38-25(17)39-10-15-4-5-16(11-39)35-15/h8-9,15-16,35H,3-7,10-13H2,1-2H3,(H2,34,36). The molecule has 41 heavy (non-hydrogen) atoms. The Bertz CT molecular complexity index is 1490. The van der Waals surface area contributed by atoms with E-state index in [0.717, 1.165) is 31.7 Å². The van der Waals surface area contributed by atoms with Crippen LogP contribution in [0.1, 0.15) is 43.7 Å². The molecule has 3 aliphatic rings. The first-order valence-corrected chi connectivity index (χ1v) is 14.1. The second-order valence-electron chi connectivity index (χ2n) is 11.7. The summed E-state index contributed by atoms with van der Waals surface area (Å²) in [5.74, 6) is -0.810. The second-order valence-corrected chi connectivity index (χ2v) is 12.1. The Balaban J connectivity index is 1.52. The molecule has 2 bridgehead atoms. The molecule has 3 unspecified atom stereocenters. The lowest BCUT2D eigenvalue weighted by Gasteiger charge is -2.35. The lowest BCUT2D eigenvalue weighted by Crippen LogP contribution is -2.51. The molecular weight excluding hydrogens is 564 g/mol. The van der Waals surface area contributed by atoms with Crippen molar-refractivity contribution in [3.63, 3.8) is 0 Å². The summed E-state index contributed by atoms with van der Waals surface area (Å²) in [5.41, 5.74) is 2.82. The number of nitrogens with one attached hydrogen (secondary N) is 1. The molecule has 6 rings (SSSR count). The third-order valence-electron chi connectivity index (χ3n) is 8.18. The van der Waals surface area contributed by atoms with Crippen molar-refractivity contribution >= 4 is 34.1 Å². The molecule has 0 radical (unpaired) electrons. The summed E-state index contributed by atoms with van der Waals surface area (Å²) < 4.78 is 70.6. The molecule has 3 atom stereocenters. The number of alkyl halides is 3. The van der Waals surface area contributed by atoms with Gasteiger partial charge in [-0.3, -0.25) is 0 Å². The van der Waals surface area contributed by atoms with Gasteiger partial charge in [-0.15, -0.1) is 0 Å². The van der Waals surface area contributed by atoms with E-state index < -0.39 is 28.8 Å². The van der Waals surface area contributed by atoms with Gasteiger partial charge in [0.2, 0.25) is 0 Å². The largest absolute Gasteiger partial charge is 0.463 e. The molecule has 0 saturated carbocycles. The summed E-state index contributed by atoms with van der Waals surface area (Å²) in [6.07, 6.45) is -1.05. The highest BCUT2D eigenvalue weighted by atomic mass is 35.5. The highest BCUT2D eigenvalue weighted by Crippen LogP contribution is 2.45. The van der Waals surface area contributed by atoms with Crippen molar-refractivity contribution in [2.45, 2.75) is 57.8 Å². The van der Waals surface area contributed by atoms with Crippen LogP contribution in [-0.2, 0) is 10.9 Å². The Morgan fingerprint density at radius 1 is 1.20 bits per heavy atom. The quantitative estimate of drug-likeness (QED) is 0.372. The van der Waals surface area contributed by atoms with E-state index in [1.165, 1.54) is 13.0 Å². The lowest BCUT2D eigenvalue weighted by molar-refractivity contribution is -0.137. The minimum Gasteiger partial charge on any atom is -0.463 e. The molecule has 8 nitrogen and oxygen atoms in total. The maximum absolute atomic E-state index is 16.5. The zero-order valence-corrected chi connectivity index (χ0v) is 23.5. The minimum atomic E-state index is -4.83. The van der Waals surface area contributed by atoms with Gasteiger partial charge in [-0.1, -0.05) is 18.5 Å². The van der Waals surface area contributed by atoms with Crippen LogP contribution in [0.5, 0.6) is 6.01 Å². The van der Waals surface area contributed by atoms with Gasteiger partial charge in [-0.05, 0) is 50.3 Å². The first kappa shape index (κ1) is 28.2. The number of aromatic nitrogens is 3. The topological polar surface area (TPSA) is 98.4 Å². The first-order valence-electron chi connectivity index (χ1n) is 13.7. The Morgan fingerprint density at radius 3 is 2.59 bits per heavy atom. The maximum atomic E-state index is 16.5. The number of halogens is 5. The van der Waals surface area contributed by atoms with Crippen molar-refractivity contribution in [1.82, 2.24) is 20.3 Å². The number of hydrogen-bond donors (Lipinski definition) is 2. The van der Waals surface area contributed by atoms with Gasteiger partial charge in [0, 0.05) is 42.6 Å². The van der Waals surface area contributed by atoms with Gasteiger partial charge in [0.05, 0.1) is 35.1 Å². The fourth-order valence-corrected chi connectivity index (χ4v) is 6.52. The van der Waals surface area contributed by atoms with Crippen LogP contribution in [0.15, 0.2) is 12.1 Å². The predicted octanol–water partition coefficient (Wildman–Crippen LogP) is 5.53. The van der Waals surface area contributed by atoms with Gasteiger partial charge in [-0.25, -0.2) is 9.37 Å². The predicted molar refractivity (Wildman–Crippen MR) is 148 cm³/mol. The van der Waals surface area contributed by atoms with E-state index in [1.807, 2.05) is 11.8 Å². The molecule has 0 amide bonds. The molecular formula is C28H31ClF4N6O2. The molecule has 3 N–H and O–H groups in total. The lowest BCUT2D eigenvalue weighted by atomic mass is 9.86. The van der Waals surface area contributed by atoms with Crippen molar-refractivity contribution in [3.05, 3.63) is 34.1 Å². The average Bonchev–Trinajstić information content (AvgIpc) is 3.23. The SMILES string of the molecule is Cc1cc(N)nc(-c2c(Cl)cc3c(N4CC5CCC(C4)N5)nc(OCC4(C)CCCOC4)nc3c2F)c1C(F)(F)F. The van der Waals surface area contributed by atoms with E-state index in [2.05, 4.69) is 20.3 Å². The molecule has 13 heteroatoms. The first-order chi connectivity index (χ1) is 19.4. The second kappa shape index (κ2) is 10.4. The molecule has 3 saturated heterocycles. The fourth-order valence-electron chi connectivity index (χ4n) is 6.23. The van der Waals surface area contributed by atoms with Gasteiger partial charge in [0.15, 0.2) is 5.82 Å². The number of piperazine rings is 1. The smallest absolute Gasteiger partial charge is 0.418 e. The molecule has 1 aromatic carbocycles. The number of nitrogen functional groups attached to an aromatic ring is 1. The summed E-state index contributed by atoms with van der Waals surface area (Å²) in [6, 6.07) is 2.93. The molecule has 0 spiro atoms. The zero-order valence-electron chi connectivity index (χ0n) is 22.7. The Kier molecular flexibility index (Phi) is 7.14. The van der Waals surface area contributed by atoms with Gasteiger partial charge in [0.25, 0.3) is 0 Å². The molecule has 3 aromatic rings. The number of pyridine rings is 1. The summed E-state index contributed by atoms with van der Waals surface area (Å²) in [7, 11) is 0. The van der Waals surface area contributed by atoms with E-state index in [9.17, 15) is 13.2 Å². The van der Waals surface area contributed by atoms with Crippen LogP contribution in [0.3, 0.4) is 0 Å². The van der Waals surface area contributed by atoms with Gasteiger partial charge in [0.1, 0.15) is 17.2 Å². The number of aryl methyl sites for hydroxylation is 1. The fraction of sp³-hybridized carbons (Fsp3) is 0.536. The van der Waals surface area contributed by atoms with Crippen LogP contribution in [0, 0.1) is 18.2 Å². The summed E-state index contributed by atoms with van der Waals surface area (Å²) in [5, 5.41) is 3.59. The number of benzene rings is 1. The van der Waals surface area contributed by atoms with Crippen LogP contribution < -0.4 is 20.7 Å². The number of nitrogens with two attached hydrogens (primary N) is 1. The Hall–Kier alpha value is -2.96. The third kappa shape index (κ3) is 5.37. The number of nitrogens with zero attached hydrogens (tertiary/aromatic N) is 4. The van der Waals surface area contributed by atoms with Crippen molar-refractivity contribution < 1.29 is 27.0 Å². The van der Waals surface area contributed by atoms with Crippen molar-refractivity contribution in [2.75, 3.05) is 43.5 Å². The average molecular weight is 595 g/mol. The van der Waals surface area contributed by atoms with Gasteiger partial charge in [-0.2, -0.15) is 23.1 Å². The number of anilines is 2. The molecule has 220 valence electrons. The van der Waals surface area contributed by atoms with Crippen LogP contribution in [0.4, 0.5) is 29.2 Å². The van der Waals surface area contributed by atoms with Gasteiger partial charge >= 0.3 is 12.2 Å². The summed E-state index contributed by atoms with van der Waals surface area (Å²) in [4.78, 5) is 15.0. The molecule has 3 aliphatic heterocycles.